The summed E-state index contributed by atoms with van der Waals surface area (Å²) in [6.45, 7) is 10.0. The summed E-state index contributed by atoms with van der Waals surface area (Å²) in [6.07, 6.45) is 0.723. The summed E-state index contributed by atoms with van der Waals surface area (Å²) >= 11 is 0. The van der Waals surface area contributed by atoms with Crippen LogP contribution in [0.15, 0.2) is 47.4 Å². The Bertz CT molecular complexity index is 1150. The number of amides is 2. The highest BCUT2D eigenvalue weighted by Crippen LogP contribution is 2.22. The Balaban J connectivity index is 1.67. The molecular weight excluding hydrogens is 454 g/mol. The first-order chi connectivity index (χ1) is 15.8. The van der Waals surface area contributed by atoms with Gasteiger partial charge in [0.15, 0.2) is 0 Å². The first kappa shape index (κ1) is 25.6. The molecule has 1 aliphatic heterocycles. The van der Waals surface area contributed by atoms with Crippen molar-refractivity contribution in [2.75, 3.05) is 17.8 Å². The number of sulfonamides is 1. The molecule has 2 N–H and O–H groups in total. The molecule has 0 radical (unpaired) electrons. The lowest BCUT2D eigenvalue weighted by Gasteiger charge is -2.33. The number of alkyl carbamates (subject to hydrolysis) is 1. The van der Waals surface area contributed by atoms with Gasteiger partial charge in [-0.3, -0.25) is 9.52 Å². The molecule has 0 aliphatic carbocycles. The maximum Gasteiger partial charge on any atom is 0.407 e. The van der Waals surface area contributed by atoms with Gasteiger partial charge in [0.05, 0.1) is 4.90 Å². The zero-order chi connectivity index (χ0) is 25.1. The van der Waals surface area contributed by atoms with Gasteiger partial charge in [-0.2, -0.15) is 0 Å². The number of rotatable bonds is 5. The predicted octanol–water partition coefficient (Wildman–Crippen LogP) is 4.23. The molecule has 0 spiro atoms. The van der Waals surface area contributed by atoms with Crippen molar-refractivity contribution in [2.45, 2.75) is 64.0 Å². The normalized spacial score (nSPS) is 15.0. The number of hydrogen-bond acceptors (Lipinski definition) is 5. The van der Waals surface area contributed by atoms with Crippen molar-refractivity contribution in [3.63, 3.8) is 0 Å². The highest BCUT2D eigenvalue weighted by molar-refractivity contribution is 7.92. The van der Waals surface area contributed by atoms with Gasteiger partial charge in [0.1, 0.15) is 5.60 Å². The van der Waals surface area contributed by atoms with E-state index < -0.39 is 21.7 Å². The third-order valence-corrected chi connectivity index (χ3v) is 6.94. The number of hydrogen-bond donors (Lipinski definition) is 2. The smallest absolute Gasteiger partial charge is 0.407 e. The van der Waals surface area contributed by atoms with E-state index in [0.717, 1.165) is 5.56 Å². The first-order valence-electron chi connectivity index (χ1n) is 11.3. The Morgan fingerprint density at radius 1 is 1.00 bits per heavy atom. The van der Waals surface area contributed by atoms with E-state index in [0.29, 0.717) is 42.7 Å². The summed E-state index contributed by atoms with van der Waals surface area (Å²) in [7, 11) is -3.85. The van der Waals surface area contributed by atoms with E-state index in [1.54, 1.807) is 50.8 Å². The number of ether oxygens (including phenoxy) is 1. The molecular formula is C25H33N3O5S. The molecule has 2 amide bonds. The molecule has 3 rings (SSSR count). The number of carbonyl (C=O) groups excluding carboxylic acids is 2. The summed E-state index contributed by atoms with van der Waals surface area (Å²) < 4.78 is 33.7. The topological polar surface area (TPSA) is 105 Å². The van der Waals surface area contributed by atoms with E-state index in [2.05, 4.69) is 10.0 Å². The lowest BCUT2D eigenvalue weighted by atomic mass is 10.0. The van der Waals surface area contributed by atoms with E-state index in [1.165, 1.54) is 12.1 Å². The van der Waals surface area contributed by atoms with Gasteiger partial charge < -0.3 is 15.0 Å². The van der Waals surface area contributed by atoms with Crippen LogP contribution in [0.4, 0.5) is 10.5 Å². The number of aryl methyl sites for hydroxylation is 2. The molecule has 1 aliphatic rings. The van der Waals surface area contributed by atoms with Gasteiger partial charge in [-0.05, 0) is 77.3 Å². The number of likely N-dealkylation sites (tertiary alicyclic amines) is 1. The third-order valence-electron chi connectivity index (χ3n) is 5.56. The summed E-state index contributed by atoms with van der Waals surface area (Å²) in [5, 5.41) is 2.85. The second-order valence-electron chi connectivity index (χ2n) is 9.66. The fourth-order valence-corrected chi connectivity index (χ4v) is 4.79. The van der Waals surface area contributed by atoms with E-state index in [9.17, 15) is 18.0 Å². The molecule has 9 heteroatoms. The summed E-state index contributed by atoms with van der Waals surface area (Å²) in [6, 6.07) is 11.5. The molecule has 8 nitrogen and oxygen atoms in total. The minimum absolute atomic E-state index is 0.0310. The molecule has 0 bridgehead atoms. The van der Waals surface area contributed by atoms with E-state index in [1.807, 2.05) is 19.1 Å². The van der Waals surface area contributed by atoms with E-state index in [4.69, 9.17) is 4.74 Å². The van der Waals surface area contributed by atoms with Crippen molar-refractivity contribution in [2.24, 2.45) is 0 Å². The standard InChI is InChI=1S/C25H33N3O5S/c1-17-6-9-20(10-7-17)27-34(31,32)21-11-8-18(2)22(16-21)23(29)28-14-12-19(13-15-28)26-24(30)33-25(3,4)5/h6-11,16,19,27H,12-15H2,1-5H3,(H,26,30). The third kappa shape index (κ3) is 6.72. The molecule has 0 unspecified atom stereocenters. The van der Waals surface area contributed by atoms with E-state index in [-0.39, 0.29) is 16.8 Å². The number of piperidine rings is 1. The fraction of sp³-hybridized carbons (Fsp3) is 0.440. The molecule has 1 heterocycles. The Morgan fingerprint density at radius 3 is 2.21 bits per heavy atom. The lowest BCUT2D eigenvalue weighted by molar-refractivity contribution is 0.0473. The van der Waals surface area contributed by atoms with Crippen LogP contribution < -0.4 is 10.0 Å². The van der Waals surface area contributed by atoms with Crippen LogP contribution in [0.25, 0.3) is 0 Å². The predicted molar refractivity (Wildman–Crippen MR) is 131 cm³/mol. The van der Waals surface area contributed by atoms with Gasteiger partial charge in [-0.25, -0.2) is 13.2 Å². The number of anilines is 1. The Hall–Kier alpha value is -3.07. The van der Waals surface area contributed by atoms with Gasteiger partial charge in [-0.15, -0.1) is 0 Å². The first-order valence-corrected chi connectivity index (χ1v) is 12.8. The van der Waals surface area contributed by atoms with Gasteiger partial charge in [0, 0.05) is 30.4 Å². The number of carbonyl (C=O) groups is 2. The summed E-state index contributed by atoms with van der Waals surface area (Å²) in [4.78, 5) is 26.9. The molecule has 1 saturated heterocycles. The van der Waals surface area contributed by atoms with Crippen LogP contribution in [0, 0.1) is 13.8 Å². The van der Waals surface area contributed by atoms with Crippen molar-refractivity contribution in [3.05, 3.63) is 59.2 Å². The minimum Gasteiger partial charge on any atom is -0.444 e. The van der Waals surface area contributed by atoms with Gasteiger partial charge >= 0.3 is 6.09 Å². The molecule has 184 valence electrons. The van der Waals surface area contributed by atoms with Crippen LogP contribution in [0.3, 0.4) is 0 Å². The zero-order valence-electron chi connectivity index (χ0n) is 20.3. The van der Waals surface area contributed by atoms with Crippen molar-refractivity contribution < 1.29 is 22.7 Å². The SMILES string of the molecule is Cc1ccc(NS(=O)(=O)c2ccc(C)c(C(=O)N3CCC(NC(=O)OC(C)(C)C)CC3)c2)cc1. The minimum atomic E-state index is -3.85. The molecule has 0 aromatic heterocycles. The van der Waals surface area contributed by atoms with Gasteiger partial charge in [0.25, 0.3) is 15.9 Å². The van der Waals surface area contributed by atoms with Gasteiger partial charge in [-0.1, -0.05) is 23.8 Å². The molecule has 34 heavy (non-hydrogen) atoms. The molecule has 0 saturated carbocycles. The maximum absolute atomic E-state index is 13.2. The second-order valence-corrected chi connectivity index (χ2v) is 11.3. The second kappa shape index (κ2) is 10.0. The number of nitrogens with zero attached hydrogens (tertiary/aromatic N) is 1. The monoisotopic (exact) mass is 487 g/mol. The largest absolute Gasteiger partial charge is 0.444 e. The van der Waals surface area contributed by atoms with Crippen LogP contribution in [0.1, 0.15) is 55.1 Å². The van der Waals surface area contributed by atoms with Crippen molar-refractivity contribution in [3.8, 4) is 0 Å². The lowest BCUT2D eigenvalue weighted by Crippen LogP contribution is -2.47. The molecule has 2 aromatic rings. The Labute approximate surface area is 201 Å². The quantitative estimate of drug-likeness (QED) is 0.657. The van der Waals surface area contributed by atoms with Crippen LogP contribution in [-0.2, 0) is 14.8 Å². The Morgan fingerprint density at radius 2 is 1.62 bits per heavy atom. The average Bonchev–Trinajstić information content (AvgIpc) is 2.74. The highest BCUT2D eigenvalue weighted by atomic mass is 32.2. The van der Waals surface area contributed by atoms with Crippen LogP contribution in [0.2, 0.25) is 0 Å². The average molecular weight is 488 g/mol. The van der Waals surface area contributed by atoms with Crippen molar-refractivity contribution >= 4 is 27.7 Å². The van der Waals surface area contributed by atoms with Crippen LogP contribution in [-0.4, -0.2) is 50.1 Å². The molecule has 1 fully saturated rings. The highest BCUT2D eigenvalue weighted by Gasteiger charge is 2.28. The summed E-state index contributed by atoms with van der Waals surface area (Å²) in [5.41, 5.74) is 1.96. The fourth-order valence-electron chi connectivity index (χ4n) is 3.71. The van der Waals surface area contributed by atoms with Crippen LogP contribution in [0.5, 0.6) is 0 Å². The number of nitrogens with one attached hydrogen (secondary N) is 2. The summed E-state index contributed by atoms with van der Waals surface area (Å²) in [5.74, 6) is -0.222. The molecule has 0 atom stereocenters. The van der Waals surface area contributed by atoms with Crippen LogP contribution >= 0.6 is 0 Å². The molecule has 2 aromatic carbocycles. The zero-order valence-corrected chi connectivity index (χ0v) is 21.2. The van der Waals surface area contributed by atoms with Gasteiger partial charge in [0.2, 0.25) is 0 Å². The van der Waals surface area contributed by atoms with Crippen molar-refractivity contribution in [1.82, 2.24) is 10.2 Å². The number of benzene rings is 2. The maximum atomic E-state index is 13.2. The van der Waals surface area contributed by atoms with Crippen molar-refractivity contribution in [1.29, 1.82) is 0 Å². The Kier molecular flexibility index (Phi) is 7.55. The van der Waals surface area contributed by atoms with E-state index >= 15 is 0 Å².